The highest BCUT2D eigenvalue weighted by Gasteiger charge is 2.52. The Labute approximate surface area is 172 Å². The maximum Gasteiger partial charge on any atom is 0.514 e. The second-order valence-corrected chi connectivity index (χ2v) is 11.0. The van der Waals surface area contributed by atoms with Gasteiger partial charge in [0.2, 0.25) is 0 Å². The van der Waals surface area contributed by atoms with Crippen molar-refractivity contribution in [2.75, 3.05) is 0 Å². The molecule has 2 heterocycles. The van der Waals surface area contributed by atoms with Crippen LogP contribution in [0.2, 0.25) is 0 Å². The predicted molar refractivity (Wildman–Crippen MR) is 119 cm³/mol. The van der Waals surface area contributed by atoms with E-state index in [0.717, 1.165) is 10.6 Å². The van der Waals surface area contributed by atoms with E-state index in [1.165, 1.54) is 0 Å². The summed E-state index contributed by atoms with van der Waals surface area (Å²) in [4.78, 5) is 4.80. The minimum absolute atomic E-state index is 0.460. The summed E-state index contributed by atoms with van der Waals surface area (Å²) in [7, 11) is -3.73. The topological polar surface area (TPSA) is 48.4 Å². The van der Waals surface area contributed by atoms with Crippen LogP contribution in [0.5, 0.6) is 0 Å². The zero-order valence-electron chi connectivity index (χ0n) is 17.2. The molecule has 1 aromatic heterocycles. The highest BCUT2D eigenvalue weighted by Crippen LogP contribution is 2.41. The van der Waals surface area contributed by atoms with E-state index in [1.807, 2.05) is 107 Å². The van der Waals surface area contributed by atoms with Gasteiger partial charge in [-0.05, 0) is 39.8 Å². The number of aromatic nitrogens is 1. The Kier molecular flexibility index (Phi) is 5.02. The first-order chi connectivity index (χ1) is 13.7. The van der Waals surface area contributed by atoms with Crippen molar-refractivity contribution in [3.8, 4) is 0 Å². The minimum Gasteiger partial charge on any atom is -0.398 e. The van der Waals surface area contributed by atoms with Crippen LogP contribution < -0.4 is 21.6 Å². The Morgan fingerprint density at radius 2 is 1.21 bits per heavy atom. The summed E-state index contributed by atoms with van der Waals surface area (Å²) in [6, 6.07) is 24.6. The van der Waals surface area contributed by atoms with Crippen molar-refractivity contribution in [1.29, 1.82) is 0 Å². The molecule has 0 unspecified atom stereocenters. The molecule has 1 aliphatic heterocycles. The fourth-order valence-electron chi connectivity index (χ4n) is 3.40. The van der Waals surface area contributed by atoms with E-state index in [-0.39, 0.29) is 0 Å². The van der Waals surface area contributed by atoms with E-state index < -0.39 is 25.5 Å². The summed E-state index contributed by atoms with van der Waals surface area (Å²) in [5, 5.41) is 1.51. The second kappa shape index (κ2) is 7.25. The molecule has 4 rings (SSSR count). The van der Waals surface area contributed by atoms with Crippen molar-refractivity contribution in [2.24, 2.45) is 0 Å². The lowest BCUT2D eigenvalue weighted by atomic mass is 9.84. The fraction of sp³-hybridized carbons (Fsp3) is 0.261. The number of nitrogens with zero attached hydrogens (tertiary/aromatic N) is 1. The van der Waals surface area contributed by atoms with Crippen molar-refractivity contribution in [2.45, 2.75) is 38.9 Å². The molecule has 148 valence electrons. The molecule has 3 aromatic rings. The molecular weight excluding hydrogens is 380 g/mol. The molecule has 1 aliphatic rings. The quantitative estimate of drug-likeness (QED) is 0.495. The lowest BCUT2D eigenvalue weighted by Gasteiger charge is -2.32. The molecule has 0 atom stereocenters. The molecule has 0 N–H and O–H groups in total. The Morgan fingerprint density at radius 3 is 1.69 bits per heavy atom. The van der Waals surface area contributed by atoms with E-state index in [0.29, 0.717) is 11.0 Å². The summed E-state index contributed by atoms with van der Waals surface area (Å²) >= 11 is 0. The maximum absolute atomic E-state index is 14.5. The van der Waals surface area contributed by atoms with Gasteiger partial charge < -0.3 is 13.9 Å². The maximum atomic E-state index is 14.5. The highest BCUT2D eigenvalue weighted by molar-refractivity contribution is 7.85. The highest BCUT2D eigenvalue weighted by atomic mass is 31.2. The van der Waals surface area contributed by atoms with E-state index in [2.05, 4.69) is 0 Å². The number of rotatable bonds is 4. The average Bonchev–Trinajstić information content (AvgIpc) is 2.96. The van der Waals surface area contributed by atoms with Gasteiger partial charge in [0, 0.05) is 10.6 Å². The fourth-order valence-corrected chi connectivity index (χ4v) is 5.96. The molecule has 2 aromatic carbocycles. The summed E-state index contributed by atoms with van der Waals surface area (Å²) in [5.41, 5.74) is 0.242. The van der Waals surface area contributed by atoms with Crippen molar-refractivity contribution < 1.29 is 13.9 Å². The van der Waals surface area contributed by atoms with Crippen LogP contribution in [0.4, 0.5) is 0 Å². The van der Waals surface area contributed by atoms with Gasteiger partial charge in [0.05, 0.1) is 16.8 Å². The molecular formula is C23H25BNO3P. The van der Waals surface area contributed by atoms with Gasteiger partial charge in [-0.15, -0.1) is 0 Å². The van der Waals surface area contributed by atoms with Gasteiger partial charge in [-0.1, -0.05) is 66.7 Å². The van der Waals surface area contributed by atoms with Gasteiger partial charge in [-0.25, -0.2) is 0 Å². The van der Waals surface area contributed by atoms with Gasteiger partial charge in [0.15, 0.2) is 7.14 Å². The molecule has 0 bridgehead atoms. The SMILES string of the molecule is CC1(C)OB(c2cccc(P(=O)(c3ccccc3)c3ccccc3)n2)OC1(C)C. The lowest BCUT2D eigenvalue weighted by molar-refractivity contribution is 0.00578. The van der Waals surface area contributed by atoms with Gasteiger partial charge in [-0.3, -0.25) is 4.98 Å². The zero-order chi connectivity index (χ0) is 20.7. The Morgan fingerprint density at radius 1 is 0.724 bits per heavy atom. The van der Waals surface area contributed by atoms with Crippen LogP contribution in [0.1, 0.15) is 27.7 Å². The van der Waals surface area contributed by atoms with E-state index in [1.54, 1.807) is 0 Å². The van der Waals surface area contributed by atoms with Gasteiger partial charge in [-0.2, -0.15) is 0 Å². The van der Waals surface area contributed by atoms with Crippen molar-refractivity contribution in [3.05, 3.63) is 78.9 Å². The zero-order valence-corrected chi connectivity index (χ0v) is 18.1. The van der Waals surface area contributed by atoms with Crippen LogP contribution in [0, 0.1) is 0 Å². The van der Waals surface area contributed by atoms with E-state index in [9.17, 15) is 4.57 Å². The van der Waals surface area contributed by atoms with Crippen LogP contribution in [0.3, 0.4) is 0 Å². The van der Waals surface area contributed by atoms with Crippen LogP contribution in [0.25, 0.3) is 0 Å². The van der Waals surface area contributed by atoms with Gasteiger partial charge in [0.25, 0.3) is 0 Å². The van der Waals surface area contributed by atoms with Gasteiger partial charge in [0.1, 0.15) is 5.44 Å². The normalized spacial score (nSPS) is 18.0. The monoisotopic (exact) mass is 405 g/mol. The van der Waals surface area contributed by atoms with Crippen LogP contribution in [0.15, 0.2) is 78.9 Å². The van der Waals surface area contributed by atoms with Crippen molar-refractivity contribution in [3.63, 3.8) is 0 Å². The molecule has 0 saturated carbocycles. The molecule has 29 heavy (non-hydrogen) atoms. The third-order valence-electron chi connectivity index (χ3n) is 5.81. The van der Waals surface area contributed by atoms with Crippen LogP contribution in [-0.4, -0.2) is 23.3 Å². The van der Waals surface area contributed by atoms with Crippen molar-refractivity contribution in [1.82, 2.24) is 4.98 Å². The second-order valence-electron chi connectivity index (χ2n) is 8.29. The Balaban J connectivity index is 1.82. The third-order valence-corrected chi connectivity index (χ3v) is 8.76. The molecule has 0 spiro atoms. The van der Waals surface area contributed by atoms with E-state index in [4.69, 9.17) is 14.3 Å². The number of hydrogen-bond acceptors (Lipinski definition) is 4. The molecule has 0 radical (unpaired) electrons. The molecule has 0 aliphatic carbocycles. The number of benzene rings is 2. The first-order valence-electron chi connectivity index (χ1n) is 9.78. The van der Waals surface area contributed by atoms with Crippen LogP contribution >= 0.6 is 7.14 Å². The number of pyridine rings is 1. The third kappa shape index (κ3) is 3.48. The lowest BCUT2D eigenvalue weighted by Crippen LogP contribution is -2.41. The first-order valence-corrected chi connectivity index (χ1v) is 11.5. The summed E-state index contributed by atoms with van der Waals surface area (Å²) in [5.74, 6) is 0. The smallest absolute Gasteiger partial charge is 0.398 e. The first kappa shape index (κ1) is 20.1. The molecule has 6 heteroatoms. The predicted octanol–water partition coefficient (Wildman–Crippen LogP) is 3.02. The summed E-state index contributed by atoms with van der Waals surface area (Å²) < 4.78 is 26.8. The minimum atomic E-state index is -3.13. The van der Waals surface area contributed by atoms with Crippen LogP contribution in [-0.2, 0) is 13.9 Å². The molecule has 1 saturated heterocycles. The Hall–Kier alpha value is -2.20. The number of hydrogen-bond donors (Lipinski definition) is 0. The standard InChI is InChI=1S/C23H25BNO3P/c1-22(2)23(3,4)28-24(27-22)20-16-11-17-21(25-20)29(26,18-12-7-5-8-13-18)19-14-9-6-10-15-19/h5-17H,1-4H3. The van der Waals surface area contributed by atoms with Gasteiger partial charge >= 0.3 is 7.12 Å². The van der Waals surface area contributed by atoms with E-state index >= 15 is 0 Å². The summed E-state index contributed by atoms with van der Waals surface area (Å²) in [6.07, 6.45) is 0. The molecule has 4 nitrogen and oxygen atoms in total. The average molecular weight is 405 g/mol. The molecule has 0 amide bonds. The van der Waals surface area contributed by atoms with Crippen molar-refractivity contribution >= 4 is 35.9 Å². The molecule has 1 fully saturated rings. The summed E-state index contributed by atoms with van der Waals surface area (Å²) in [6.45, 7) is 8.04. The Bertz CT molecular complexity index is 994. The largest absolute Gasteiger partial charge is 0.514 e.